The molecule has 2 N–H and O–H groups in total. The maximum absolute atomic E-state index is 11.6. The summed E-state index contributed by atoms with van der Waals surface area (Å²) in [6.45, 7) is 4.29. The predicted molar refractivity (Wildman–Crippen MR) is 116 cm³/mol. The van der Waals surface area contributed by atoms with Gasteiger partial charge in [0, 0.05) is 0 Å². The summed E-state index contributed by atoms with van der Waals surface area (Å²) < 4.78 is 32.6. The summed E-state index contributed by atoms with van der Waals surface area (Å²) in [5, 5.41) is 9.12. The summed E-state index contributed by atoms with van der Waals surface area (Å²) in [4.78, 5) is 0. The third-order valence-corrected chi connectivity index (χ3v) is 6.80. The highest BCUT2D eigenvalue weighted by Crippen LogP contribution is 2.19. The van der Waals surface area contributed by atoms with Crippen LogP contribution >= 0.6 is 0 Å². The van der Waals surface area contributed by atoms with Gasteiger partial charge in [0.25, 0.3) is 10.1 Å². The number of hydrogen-bond donors (Lipinski definition) is 2. The number of hydrogen-bond acceptors (Lipinski definition) is 3. The molecule has 0 heterocycles. The molecule has 4 nitrogen and oxygen atoms in total. The van der Waals surface area contributed by atoms with E-state index in [0.29, 0.717) is 12.8 Å². The van der Waals surface area contributed by atoms with Gasteiger partial charge in [-0.25, -0.2) is 0 Å². The van der Waals surface area contributed by atoms with Gasteiger partial charge >= 0.3 is 0 Å². The molecule has 0 amide bonds. The van der Waals surface area contributed by atoms with E-state index >= 15 is 0 Å². The van der Waals surface area contributed by atoms with Crippen molar-refractivity contribution >= 4 is 10.1 Å². The fourth-order valence-corrected chi connectivity index (χ4v) is 4.64. The molecule has 0 rings (SSSR count). The van der Waals surface area contributed by atoms with E-state index in [0.717, 1.165) is 57.8 Å². The van der Waals surface area contributed by atoms with Crippen molar-refractivity contribution in [2.75, 3.05) is 0 Å². The van der Waals surface area contributed by atoms with Gasteiger partial charge in [0.1, 0.15) is 0 Å². The minimum absolute atomic E-state index is 0.126. The van der Waals surface area contributed by atoms with Crippen molar-refractivity contribution in [3.05, 3.63) is 0 Å². The average molecular weight is 407 g/mol. The van der Waals surface area contributed by atoms with Gasteiger partial charge in [-0.1, -0.05) is 104 Å². The molecule has 0 aromatic heterocycles. The largest absolute Gasteiger partial charge is 0.393 e. The Labute approximate surface area is 169 Å². The summed E-state index contributed by atoms with van der Waals surface area (Å²) in [5.41, 5.74) is 0. The summed E-state index contributed by atoms with van der Waals surface area (Å²) in [7, 11) is -3.90. The van der Waals surface area contributed by atoms with Crippen LogP contribution in [0.3, 0.4) is 0 Å². The lowest BCUT2D eigenvalue weighted by Crippen LogP contribution is -2.20. The fraction of sp³-hybridized carbons (Fsp3) is 1.00. The zero-order valence-electron chi connectivity index (χ0n) is 18.0. The van der Waals surface area contributed by atoms with Crippen molar-refractivity contribution in [2.45, 2.75) is 141 Å². The van der Waals surface area contributed by atoms with Gasteiger partial charge in [-0.2, -0.15) is 8.42 Å². The fourth-order valence-electron chi connectivity index (χ4n) is 3.71. The van der Waals surface area contributed by atoms with Gasteiger partial charge in [-0.05, 0) is 25.7 Å². The summed E-state index contributed by atoms with van der Waals surface area (Å²) in [6.07, 6.45) is 18.5. The molecule has 0 bridgehead atoms. The molecule has 0 aliphatic carbocycles. The molecule has 0 saturated heterocycles. The summed E-state index contributed by atoms with van der Waals surface area (Å²) in [5.74, 6) is 0. The van der Waals surface area contributed by atoms with E-state index in [9.17, 15) is 18.1 Å². The second-order valence-corrected chi connectivity index (χ2v) is 9.88. The van der Waals surface area contributed by atoms with Crippen molar-refractivity contribution in [2.24, 2.45) is 0 Å². The third kappa shape index (κ3) is 17.7. The average Bonchev–Trinajstić information content (AvgIpc) is 2.60. The number of aliphatic hydroxyl groups excluding tert-OH is 1. The highest BCUT2D eigenvalue weighted by Gasteiger charge is 2.21. The Kier molecular flexibility index (Phi) is 17.8. The second kappa shape index (κ2) is 17.9. The molecule has 2 atom stereocenters. The molecule has 27 heavy (non-hydrogen) atoms. The van der Waals surface area contributed by atoms with Crippen LogP contribution < -0.4 is 0 Å². The van der Waals surface area contributed by atoms with Crippen molar-refractivity contribution in [3.8, 4) is 0 Å². The molecule has 0 aromatic carbocycles. The number of rotatable bonds is 20. The summed E-state index contributed by atoms with van der Waals surface area (Å²) in [6, 6.07) is 0. The Morgan fingerprint density at radius 2 is 1.00 bits per heavy atom. The zero-order valence-corrected chi connectivity index (χ0v) is 18.8. The van der Waals surface area contributed by atoms with Crippen LogP contribution in [0.4, 0.5) is 0 Å². The van der Waals surface area contributed by atoms with Gasteiger partial charge in [0.05, 0.1) is 11.4 Å². The van der Waals surface area contributed by atoms with E-state index < -0.39 is 15.4 Å². The van der Waals surface area contributed by atoms with Crippen LogP contribution in [0.25, 0.3) is 0 Å². The Hall–Kier alpha value is -0.130. The monoisotopic (exact) mass is 406 g/mol. The molecule has 164 valence electrons. The molecule has 0 radical (unpaired) electrons. The molecule has 5 heteroatoms. The Morgan fingerprint density at radius 1 is 0.593 bits per heavy atom. The highest BCUT2D eigenvalue weighted by atomic mass is 32.2. The SMILES string of the molecule is CCCCCCCCC(CCCCCCCCCC(O)CCC)S(=O)(=O)O. The molecular weight excluding hydrogens is 360 g/mol. The lowest BCUT2D eigenvalue weighted by atomic mass is 10.0. The first-order chi connectivity index (χ1) is 12.9. The molecular formula is C22H46O4S. The van der Waals surface area contributed by atoms with Gasteiger partial charge < -0.3 is 5.11 Å². The lowest BCUT2D eigenvalue weighted by Gasteiger charge is -2.13. The van der Waals surface area contributed by atoms with Crippen LogP contribution in [0.2, 0.25) is 0 Å². The minimum atomic E-state index is -3.90. The normalized spacial score (nSPS) is 14.4. The first-order valence-electron chi connectivity index (χ1n) is 11.6. The number of aliphatic hydroxyl groups is 1. The van der Waals surface area contributed by atoms with E-state index in [4.69, 9.17) is 0 Å². The topological polar surface area (TPSA) is 74.6 Å². The van der Waals surface area contributed by atoms with Crippen molar-refractivity contribution in [1.82, 2.24) is 0 Å². The molecule has 2 unspecified atom stereocenters. The van der Waals surface area contributed by atoms with Crippen molar-refractivity contribution in [1.29, 1.82) is 0 Å². The zero-order chi connectivity index (χ0) is 20.4. The van der Waals surface area contributed by atoms with Gasteiger partial charge in [-0.15, -0.1) is 0 Å². The minimum Gasteiger partial charge on any atom is -0.393 e. The third-order valence-electron chi connectivity index (χ3n) is 5.49. The Balaban J connectivity index is 3.68. The van der Waals surface area contributed by atoms with Crippen LogP contribution in [0.5, 0.6) is 0 Å². The van der Waals surface area contributed by atoms with E-state index in [-0.39, 0.29) is 6.10 Å². The van der Waals surface area contributed by atoms with Gasteiger partial charge in [0.2, 0.25) is 0 Å². The van der Waals surface area contributed by atoms with Crippen molar-refractivity contribution < 1.29 is 18.1 Å². The van der Waals surface area contributed by atoms with Crippen LogP contribution in [0.1, 0.15) is 129 Å². The van der Waals surface area contributed by atoms with E-state index in [1.54, 1.807) is 0 Å². The quantitative estimate of drug-likeness (QED) is 0.175. The Morgan fingerprint density at radius 3 is 1.41 bits per heavy atom. The molecule has 0 saturated carbocycles. The van der Waals surface area contributed by atoms with Crippen LogP contribution in [0, 0.1) is 0 Å². The van der Waals surface area contributed by atoms with E-state index in [1.165, 1.54) is 44.9 Å². The maximum atomic E-state index is 11.6. The highest BCUT2D eigenvalue weighted by molar-refractivity contribution is 7.86. The standard InChI is InChI=1S/C22H46O4S/c1-3-5-6-7-12-15-19-22(27(24,25)26)20-16-13-10-8-9-11-14-18-21(23)17-4-2/h21-23H,3-20H2,1-2H3,(H,24,25,26). The predicted octanol–water partition coefficient (Wildman–Crippen LogP) is 6.67. The molecule has 0 aliphatic rings. The maximum Gasteiger partial charge on any atom is 0.267 e. The van der Waals surface area contributed by atoms with E-state index in [1.807, 2.05) is 0 Å². The first kappa shape index (κ1) is 26.9. The lowest BCUT2D eigenvalue weighted by molar-refractivity contribution is 0.150. The molecule has 0 aromatic rings. The van der Waals surface area contributed by atoms with E-state index in [2.05, 4.69) is 13.8 Å². The molecule has 0 fully saturated rings. The second-order valence-electron chi connectivity index (χ2n) is 8.19. The van der Waals surface area contributed by atoms with Crippen LogP contribution in [-0.2, 0) is 10.1 Å². The first-order valence-corrected chi connectivity index (χ1v) is 13.1. The Bertz CT molecular complexity index is 409. The van der Waals surface area contributed by atoms with Gasteiger partial charge in [-0.3, -0.25) is 4.55 Å². The number of unbranched alkanes of at least 4 members (excludes halogenated alkanes) is 11. The van der Waals surface area contributed by atoms with Crippen LogP contribution in [-0.4, -0.2) is 29.4 Å². The van der Waals surface area contributed by atoms with Crippen molar-refractivity contribution in [3.63, 3.8) is 0 Å². The smallest absolute Gasteiger partial charge is 0.267 e. The van der Waals surface area contributed by atoms with Crippen LogP contribution in [0.15, 0.2) is 0 Å². The summed E-state index contributed by atoms with van der Waals surface area (Å²) >= 11 is 0. The molecule has 0 aliphatic heterocycles. The molecule has 0 spiro atoms. The van der Waals surface area contributed by atoms with Gasteiger partial charge in [0.15, 0.2) is 0 Å².